The summed E-state index contributed by atoms with van der Waals surface area (Å²) < 4.78 is 4.73. The number of nitrogens with one attached hydrogen (secondary N) is 1. The molecule has 2 aromatic rings. The van der Waals surface area contributed by atoms with E-state index in [4.69, 9.17) is 4.74 Å². The molecule has 0 bridgehead atoms. The molecule has 1 amide bonds. The fraction of sp³-hybridized carbons (Fsp3) is 0.308. The van der Waals surface area contributed by atoms with Crippen LogP contribution in [0, 0.1) is 0 Å². The van der Waals surface area contributed by atoms with Gasteiger partial charge in [-0.05, 0) is 18.4 Å². The standard InChI is InChI=1S/C13H14N2O3S2/c1-2-18-12(17)6-14-11(16)5-10-8-20-13(15-10)9-3-4-19-7-9/h3-4,7-8H,2,5-6H2,1H3,(H,14,16). The maximum atomic E-state index is 11.7. The van der Waals surface area contributed by atoms with E-state index < -0.39 is 5.97 Å². The Hall–Kier alpha value is -1.73. The SMILES string of the molecule is CCOC(=O)CNC(=O)Cc1csc(-c2ccsc2)n1. The van der Waals surface area contributed by atoms with Crippen molar-refractivity contribution >= 4 is 34.6 Å². The van der Waals surface area contributed by atoms with Gasteiger partial charge in [0.25, 0.3) is 0 Å². The molecule has 0 unspecified atom stereocenters. The van der Waals surface area contributed by atoms with Gasteiger partial charge in [-0.15, -0.1) is 11.3 Å². The van der Waals surface area contributed by atoms with Gasteiger partial charge in [-0.3, -0.25) is 9.59 Å². The fourth-order valence-electron chi connectivity index (χ4n) is 1.52. The maximum absolute atomic E-state index is 11.7. The van der Waals surface area contributed by atoms with E-state index in [9.17, 15) is 9.59 Å². The van der Waals surface area contributed by atoms with Crippen LogP contribution in [0.15, 0.2) is 22.2 Å². The molecule has 20 heavy (non-hydrogen) atoms. The quantitative estimate of drug-likeness (QED) is 0.830. The van der Waals surface area contributed by atoms with Gasteiger partial charge < -0.3 is 10.1 Å². The van der Waals surface area contributed by atoms with E-state index in [2.05, 4.69) is 10.3 Å². The smallest absolute Gasteiger partial charge is 0.325 e. The highest BCUT2D eigenvalue weighted by Gasteiger charge is 2.10. The Balaban J connectivity index is 1.84. The molecule has 0 fully saturated rings. The largest absolute Gasteiger partial charge is 0.465 e. The molecule has 0 aromatic carbocycles. The molecule has 7 heteroatoms. The molecule has 0 saturated carbocycles. The number of aromatic nitrogens is 1. The Labute approximate surface area is 124 Å². The normalized spacial score (nSPS) is 10.2. The molecule has 106 valence electrons. The summed E-state index contributed by atoms with van der Waals surface area (Å²) in [6.07, 6.45) is 0.167. The van der Waals surface area contributed by atoms with Crippen LogP contribution in [0.2, 0.25) is 0 Å². The molecule has 2 aromatic heterocycles. The van der Waals surface area contributed by atoms with Gasteiger partial charge in [0.05, 0.1) is 18.7 Å². The van der Waals surface area contributed by atoms with Crippen LogP contribution in [0.4, 0.5) is 0 Å². The molecule has 0 aliphatic heterocycles. The molecule has 2 heterocycles. The molecule has 2 rings (SSSR count). The van der Waals surface area contributed by atoms with Crippen LogP contribution >= 0.6 is 22.7 Å². The zero-order valence-corrected chi connectivity index (χ0v) is 12.6. The van der Waals surface area contributed by atoms with Crippen molar-refractivity contribution in [1.82, 2.24) is 10.3 Å². The van der Waals surface area contributed by atoms with Crippen molar-refractivity contribution in [3.05, 3.63) is 27.9 Å². The van der Waals surface area contributed by atoms with Gasteiger partial charge in [-0.2, -0.15) is 11.3 Å². The van der Waals surface area contributed by atoms with Gasteiger partial charge >= 0.3 is 5.97 Å². The van der Waals surface area contributed by atoms with Gasteiger partial charge in [-0.25, -0.2) is 4.98 Å². The average molecular weight is 310 g/mol. The third kappa shape index (κ3) is 4.14. The Morgan fingerprint density at radius 1 is 1.40 bits per heavy atom. The molecule has 1 N–H and O–H groups in total. The van der Waals surface area contributed by atoms with E-state index in [1.54, 1.807) is 18.3 Å². The second-order valence-electron chi connectivity index (χ2n) is 3.91. The highest BCUT2D eigenvalue weighted by molar-refractivity contribution is 7.14. The number of hydrogen-bond acceptors (Lipinski definition) is 6. The molecule has 0 spiro atoms. The van der Waals surface area contributed by atoms with Crippen LogP contribution in [-0.2, 0) is 20.7 Å². The zero-order valence-electron chi connectivity index (χ0n) is 10.9. The minimum Gasteiger partial charge on any atom is -0.465 e. The summed E-state index contributed by atoms with van der Waals surface area (Å²) in [5.74, 6) is -0.668. The number of carbonyl (C=O) groups excluding carboxylic acids is 2. The number of thiophene rings is 1. The third-order valence-electron chi connectivity index (χ3n) is 2.40. The number of amides is 1. The van der Waals surface area contributed by atoms with E-state index in [0.29, 0.717) is 12.3 Å². The minimum absolute atomic E-state index is 0.103. The topological polar surface area (TPSA) is 68.3 Å². The maximum Gasteiger partial charge on any atom is 0.325 e. The first-order valence-electron chi connectivity index (χ1n) is 6.08. The van der Waals surface area contributed by atoms with E-state index in [1.165, 1.54) is 11.3 Å². The summed E-state index contributed by atoms with van der Waals surface area (Å²) in [5, 5.41) is 9.28. The Bertz CT molecular complexity index is 578. The number of hydrogen-bond donors (Lipinski definition) is 1. The van der Waals surface area contributed by atoms with Crippen LogP contribution in [-0.4, -0.2) is 30.0 Å². The van der Waals surface area contributed by atoms with Crippen LogP contribution in [0.25, 0.3) is 10.6 Å². The first-order chi connectivity index (χ1) is 9.69. The molecule has 0 saturated heterocycles. The van der Waals surface area contributed by atoms with Crippen molar-refractivity contribution in [3.8, 4) is 10.6 Å². The number of nitrogens with zero attached hydrogens (tertiary/aromatic N) is 1. The Morgan fingerprint density at radius 3 is 2.95 bits per heavy atom. The minimum atomic E-state index is -0.432. The van der Waals surface area contributed by atoms with Crippen molar-refractivity contribution in [2.75, 3.05) is 13.2 Å². The molecule has 0 atom stereocenters. The van der Waals surface area contributed by atoms with Crippen molar-refractivity contribution < 1.29 is 14.3 Å². The number of thiazole rings is 1. The number of rotatable bonds is 6. The highest BCUT2D eigenvalue weighted by Crippen LogP contribution is 2.25. The first kappa shape index (κ1) is 14.7. The van der Waals surface area contributed by atoms with Gasteiger partial charge in [0.15, 0.2) is 0 Å². The van der Waals surface area contributed by atoms with Crippen molar-refractivity contribution in [3.63, 3.8) is 0 Å². The monoisotopic (exact) mass is 310 g/mol. The van der Waals surface area contributed by atoms with Crippen LogP contribution < -0.4 is 5.32 Å². The van der Waals surface area contributed by atoms with Crippen molar-refractivity contribution in [2.24, 2.45) is 0 Å². The predicted molar refractivity (Wildman–Crippen MR) is 78.8 cm³/mol. The Kier molecular flexibility index (Phi) is 5.25. The lowest BCUT2D eigenvalue weighted by Gasteiger charge is -2.03. The number of carbonyl (C=O) groups is 2. The summed E-state index contributed by atoms with van der Waals surface area (Å²) in [4.78, 5) is 27.2. The number of esters is 1. The molecule has 0 aliphatic rings. The second-order valence-corrected chi connectivity index (χ2v) is 5.55. The zero-order chi connectivity index (χ0) is 14.4. The van der Waals surface area contributed by atoms with Crippen LogP contribution in [0.1, 0.15) is 12.6 Å². The average Bonchev–Trinajstić information content (AvgIpc) is 3.07. The van der Waals surface area contributed by atoms with Crippen LogP contribution in [0.3, 0.4) is 0 Å². The van der Waals surface area contributed by atoms with Crippen molar-refractivity contribution in [1.29, 1.82) is 0 Å². The molecular formula is C13H14N2O3S2. The lowest BCUT2D eigenvalue weighted by Crippen LogP contribution is -2.31. The van der Waals surface area contributed by atoms with Gasteiger partial charge in [0.1, 0.15) is 11.6 Å². The fourth-order valence-corrected chi connectivity index (χ4v) is 3.05. The Morgan fingerprint density at radius 2 is 2.25 bits per heavy atom. The lowest BCUT2D eigenvalue weighted by atomic mass is 10.3. The van der Waals surface area contributed by atoms with E-state index in [1.807, 2.05) is 22.2 Å². The van der Waals surface area contributed by atoms with Gasteiger partial charge in [-0.1, -0.05) is 0 Å². The third-order valence-corrected chi connectivity index (χ3v) is 4.02. The summed E-state index contributed by atoms with van der Waals surface area (Å²) >= 11 is 3.12. The van der Waals surface area contributed by atoms with Gasteiger partial charge in [0.2, 0.25) is 5.91 Å². The van der Waals surface area contributed by atoms with E-state index >= 15 is 0 Å². The number of ether oxygens (including phenoxy) is 1. The van der Waals surface area contributed by atoms with Crippen molar-refractivity contribution in [2.45, 2.75) is 13.3 Å². The second kappa shape index (κ2) is 7.16. The van der Waals surface area contributed by atoms with E-state index in [0.717, 1.165) is 10.6 Å². The molecule has 0 radical (unpaired) electrons. The summed E-state index contributed by atoms with van der Waals surface area (Å²) in [7, 11) is 0. The molecular weight excluding hydrogens is 296 g/mol. The van der Waals surface area contributed by atoms with E-state index in [-0.39, 0.29) is 18.9 Å². The molecule has 5 nitrogen and oxygen atoms in total. The molecule has 0 aliphatic carbocycles. The predicted octanol–water partition coefficient (Wildman–Crippen LogP) is 2.09. The summed E-state index contributed by atoms with van der Waals surface area (Å²) in [6.45, 7) is 1.93. The van der Waals surface area contributed by atoms with Crippen LogP contribution in [0.5, 0.6) is 0 Å². The summed E-state index contributed by atoms with van der Waals surface area (Å²) in [6, 6.07) is 1.99. The first-order valence-corrected chi connectivity index (χ1v) is 7.90. The highest BCUT2D eigenvalue weighted by atomic mass is 32.1. The lowest BCUT2D eigenvalue weighted by molar-refractivity contribution is -0.143. The van der Waals surface area contributed by atoms with Gasteiger partial charge in [0, 0.05) is 16.3 Å². The summed E-state index contributed by atoms with van der Waals surface area (Å²) in [5.41, 5.74) is 1.77.